The van der Waals surface area contributed by atoms with Crippen LogP contribution in [-0.4, -0.2) is 14.1 Å². The van der Waals surface area contributed by atoms with Crippen LogP contribution in [0.25, 0.3) is 0 Å². The third-order valence-electron chi connectivity index (χ3n) is 4.47. The molecule has 3 N–H and O–H groups in total. The molecule has 3 nitrogen and oxygen atoms in total. The maximum absolute atomic E-state index is 5.81. The van der Waals surface area contributed by atoms with Gasteiger partial charge in [-0.25, -0.2) is 0 Å². The van der Waals surface area contributed by atoms with Crippen LogP contribution >= 0.6 is 0 Å². The van der Waals surface area contributed by atoms with Crippen molar-refractivity contribution >= 4 is 5.69 Å². The maximum atomic E-state index is 5.81. The summed E-state index contributed by atoms with van der Waals surface area (Å²) in [6.07, 6.45) is 2.21. The normalized spacial score (nSPS) is 17.8. The minimum atomic E-state index is 0.197. The van der Waals surface area contributed by atoms with E-state index in [1.165, 1.54) is 28.8 Å². The molecule has 0 aromatic heterocycles. The van der Waals surface area contributed by atoms with Crippen LogP contribution < -0.4 is 16.2 Å². The topological polar surface area (TPSA) is 41.3 Å². The maximum Gasteiger partial charge on any atom is 0.0466 e. The lowest BCUT2D eigenvalue weighted by molar-refractivity contribution is 0.435. The van der Waals surface area contributed by atoms with Gasteiger partial charge in [0.2, 0.25) is 0 Å². The SMILES string of the molecule is CN(C)c1cccc(C(CC2Cc3ccccc32)NN)c1. The van der Waals surface area contributed by atoms with Gasteiger partial charge in [0.05, 0.1) is 0 Å². The number of hydrogen-bond donors (Lipinski definition) is 2. The monoisotopic (exact) mass is 281 g/mol. The Morgan fingerprint density at radius 2 is 2.00 bits per heavy atom. The lowest BCUT2D eigenvalue weighted by Gasteiger charge is -2.33. The summed E-state index contributed by atoms with van der Waals surface area (Å²) in [4.78, 5) is 2.12. The van der Waals surface area contributed by atoms with Gasteiger partial charge in [-0.05, 0) is 47.6 Å². The summed E-state index contributed by atoms with van der Waals surface area (Å²) in [5, 5.41) is 0. The van der Waals surface area contributed by atoms with Crippen molar-refractivity contribution in [3.63, 3.8) is 0 Å². The molecule has 0 saturated carbocycles. The van der Waals surface area contributed by atoms with Crippen molar-refractivity contribution in [2.45, 2.75) is 24.8 Å². The van der Waals surface area contributed by atoms with Gasteiger partial charge in [-0.3, -0.25) is 11.3 Å². The van der Waals surface area contributed by atoms with E-state index in [4.69, 9.17) is 5.84 Å². The fourth-order valence-corrected chi connectivity index (χ4v) is 3.18. The fourth-order valence-electron chi connectivity index (χ4n) is 3.18. The van der Waals surface area contributed by atoms with E-state index in [0.717, 1.165) is 6.42 Å². The Bertz CT molecular complexity index is 621. The third kappa shape index (κ3) is 2.80. The molecule has 2 aromatic rings. The molecular formula is C18H23N3. The Balaban J connectivity index is 1.76. The molecule has 1 aliphatic carbocycles. The van der Waals surface area contributed by atoms with Crippen LogP contribution in [0.5, 0.6) is 0 Å². The van der Waals surface area contributed by atoms with Crippen molar-refractivity contribution in [3.05, 3.63) is 65.2 Å². The molecule has 0 bridgehead atoms. The van der Waals surface area contributed by atoms with E-state index in [-0.39, 0.29) is 6.04 Å². The number of anilines is 1. The molecule has 0 heterocycles. The van der Waals surface area contributed by atoms with Crippen molar-refractivity contribution in [2.24, 2.45) is 5.84 Å². The average molecular weight is 281 g/mol. The Kier molecular flexibility index (Phi) is 3.95. The number of nitrogens with two attached hydrogens (primary N) is 1. The lowest BCUT2D eigenvalue weighted by atomic mass is 9.74. The second-order valence-electron chi connectivity index (χ2n) is 6.04. The van der Waals surface area contributed by atoms with E-state index in [0.29, 0.717) is 5.92 Å². The van der Waals surface area contributed by atoms with Gasteiger partial charge in [0.25, 0.3) is 0 Å². The molecule has 0 spiro atoms. The zero-order chi connectivity index (χ0) is 14.8. The van der Waals surface area contributed by atoms with Crippen molar-refractivity contribution in [1.29, 1.82) is 0 Å². The minimum absolute atomic E-state index is 0.197. The van der Waals surface area contributed by atoms with E-state index < -0.39 is 0 Å². The summed E-state index contributed by atoms with van der Waals surface area (Å²) in [5.74, 6) is 6.43. The number of nitrogens with one attached hydrogen (secondary N) is 1. The Labute approximate surface area is 126 Å². The fraction of sp³-hybridized carbons (Fsp3) is 0.333. The summed E-state index contributed by atoms with van der Waals surface area (Å²) in [7, 11) is 4.12. The summed E-state index contributed by atoms with van der Waals surface area (Å²) >= 11 is 0. The van der Waals surface area contributed by atoms with Crippen molar-refractivity contribution < 1.29 is 0 Å². The highest BCUT2D eigenvalue weighted by Crippen LogP contribution is 2.40. The molecule has 21 heavy (non-hydrogen) atoms. The zero-order valence-electron chi connectivity index (χ0n) is 12.7. The van der Waals surface area contributed by atoms with Gasteiger partial charge in [-0.2, -0.15) is 0 Å². The van der Waals surface area contributed by atoms with E-state index in [1.54, 1.807) is 0 Å². The first-order valence-electron chi connectivity index (χ1n) is 7.50. The van der Waals surface area contributed by atoms with Crippen molar-refractivity contribution in [2.75, 3.05) is 19.0 Å². The van der Waals surface area contributed by atoms with Gasteiger partial charge < -0.3 is 4.90 Å². The predicted octanol–water partition coefficient (Wildman–Crippen LogP) is 2.99. The Hall–Kier alpha value is -1.84. The van der Waals surface area contributed by atoms with Crippen LogP contribution in [0.2, 0.25) is 0 Å². The standard InChI is InChI=1S/C18H23N3/c1-21(2)16-8-5-7-14(11-16)18(20-19)12-15-10-13-6-3-4-9-17(13)15/h3-9,11,15,18,20H,10,12,19H2,1-2H3. The van der Waals surface area contributed by atoms with Crippen LogP contribution in [0, 0.1) is 0 Å². The highest BCUT2D eigenvalue weighted by Gasteiger charge is 2.28. The molecule has 1 aliphatic rings. The zero-order valence-corrected chi connectivity index (χ0v) is 12.7. The van der Waals surface area contributed by atoms with Gasteiger partial charge in [-0.1, -0.05) is 36.4 Å². The van der Waals surface area contributed by atoms with Crippen LogP contribution in [0.4, 0.5) is 5.69 Å². The van der Waals surface area contributed by atoms with Gasteiger partial charge in [0.1, 0.15) is 0 Å². The first kappa shape index (κ1) is 14.1. The predicted molar refractivity (Wildman–Crippen MR) is 88.3 cm³/mol. The minimum Gasteiger partial charge on any atom is -0.378 e. The van der Waals surface area contributed by atoms with Gasteiger partial charge in [0.15, 0.2) is 0 Å². The molecule has 0 fully saturated rings. The van der Waals surface area contributed by atoms with Crippen LogP contribution in [-0.2, 0) is 6.42 Å². The van der Waals surface area contributed by atoms with Gasteiger partial charge in [0, 0.05) is 25.8 Å². The molecule has 110 valence electrons. The number of benzene rings is 2. The average Bonchev–Trinajstić information content (AvgIpc) is 2.49. The second-order valence-corrected chi connectivity index (χ2v) is 6.04. The molecule has 2 unspecified atom stereocenters. The molecule has 3 heteroatoms. The summed E-state index contributed by atoms with van der Waals surface area (Å²) < 4.78 is 0. The van der Waals surface area contributed by atoms with Crippen molar-refractivity contribution in [3.8, 4) is 0 Å². The molecule has 2 aromatic carbocycles. The summed E-state index contributed by atoms with van der Waals surface area (Å²) in [6.45, 7) is 0. The van der Waals surface area contributed by atoms with E-state index in [1.807, 2.05) is 0 Å². The molecule has 0 radical (unpaired) electrons. The summed E-state index contributed by atoms with van der Waals surface area (Å²) in [6, 6.07) is 17.5. The van der Waals surface area contributed by atoms with Crippen LogP contribution in [0.1, 0.15) is 35.1 Å². The van der Waals surface area contributed by atoms with Gasteiger partial charge >= 0.3 is 0 Å². The van der Waals surface area contributed by atoms with Crippen LogP contribution in [0.15, 0.2) is 48.5 Å². The molecule has 0 saturated heterocycles. The first-order chi connectivity index (χ1) is 10.2. The number of rotatable bonds is 5. The lowest BCUT2D eigenvalue weighted by Crippen LogP contribution is -2.31. The first-order valence-corrected chi connectivity index (χ1v) is 7.50. The molecular weight excluding hydrogens is 258 g/mol. The van der Waals surface area contributed by atoms with Crippen molar-refractivity contribution in [1.82, 2.24) is 5.43 Å². The van der Waals surface area contributed by atoms with Gasteiger partial charge in [-0.15, -0.1) is 0 Å². The van der Waals surface area contributed by atoms with E-state index in [9.17, 15) is 0 Å². The molecule has 0 amide bonds. The highest BCUT2D eigenvalue weighted by molar-refractivity contribution is 5.48. The number of hydrazine groups is 1. The van der Waals surface area contributed by atoms with E-state index >= 15 is 0 Å². The highest BCUT2D eigenvalue weighted by atomic mass is 15.2. The third-order valence-corrected chi connectivity index (χ3v) is 4.47. The molecule has 3 rings (SSSR count). The molecule has 0 aliphatic heterocycles. The number of hydrogen-bond acceptors (Lipinski definition) is 3. The Morgan fingerprint density at radius 1 is 1.19 bits per heavy atom. The number of nitrogens with zero attached hydrogens (tertiary/aromatic N) is 1. The number of fused-ring (bicyclic) bond motifs is 1. The van der Waals surface area contributed by atoms with E-state index in [2.05, 4.69) is 73.0 Å². The molecule has 2 atom stereocenters. The quantitative estimate of drug-likeness (QED) is 0.654. The smallest absolute Gasteiger partial charge is 0.0466 e. The van der Waals surface area contributed by atoms with Crippen LogP contribution in [0.3, 0.4) is 0 Å². The second kappa shape index (κ2) is 5.88. The largest absolute Gasteiger partial charge is 0.378 e. The summed E-state index contributed by atoms with van der Waals surface area (Å²) in [5.41, 5.74) is 8.44. The Morgan fingerprint density at radius 3 is 2.71 bits per heavy atom.